The number of benzene rings is 6. The van der Waals surface area contributed by atoms with Crippen LogP contribution in [0.15, 0.2) is 109 Å². The fourth-order valence-corrected chi connectivity index (χ4v) is 15.5. The van der Waals surface area contributed by atoms with Crippen LogP contribution >= 0.6 is 0 Å². The summed E-state index contributed by atoms with van der Waals surface area (Å²) in [5, 5.41) is 0. The van der Waals surface area contributed by atoms with E-state index in [1.165, 1.54) is 128 Å². The Morgan fingerprint density at radius 3 is 1.86 bits per heavy atom. The summed E-state index contributed by atoms with van der Waals surface area (Å²) in [4.78, 5) is 8.60. The molecule has 6 aliphatic rings. The zero-order valence-electron chi connectivity index (χ0n) is 44.5. The van der Waals surface area contributed by atoms with Crippen molar-refractivity contribution in [3.05, 3.63) is 154 Å². The molecule has 0 amide bonds. The van der Waals surface area contributed by atoms with Crippen molar-refractivity contribution in [2.24, 2.45) is 0 Å². The molecule has 4 unspecified atom stereocenters. The number of aryl methyl sites for hydroxylation is 2. The van der Waals surface area contributed by atoms with Crippen LogP contribution in [0, 0.1) is 13.8 Å². The Labute approximate surface area is 415 Å². The monoisotopic (exact) mass is 910 g/mol. The van der Waals surface area contributed by atoms with E-state index in [-0.39, 0.29) is 44.9 Å². The van der Waals surface area contributed by atoms with Crippen LogP contribution in [0.2, 0.25) is 0 Å². The van der Waals surface area contributed by atoms with E-state index in [2.05, 4.69) is 221 Å². The predicted molar refractivity (Wildman–Crippen MR) is 297 cm³/mol. The molecule has 2 fully saturated rings. The lowest BCUT2D eigenvalue weighted by Crippen LogP contribution is -2.65. The minimum atomic E-state index is -0.204. The van der Waals surface area contributed by atoms with Gasteiger partial charge < -0.3 is 14.7 Å². The molecule has 0 aromatic heterocycles. The van der Waals surface area contributed by atoms with Crippen LogP contribution in [0.3, 0.4) is 0 Å². The minimum absolute atomic E-state index is 0.00863. The first-order valence-electron chi connectivity index (χ1n) is 26.7. The van der Waals surface area contributed by atoms with Gasteiger partial charge in [-0.15, -0.1) is 0 Å². The zero-order chi connectivity index (χ0) is 48.6. The van der Waals surface area contributed by atoms with Crippen molar-refractivity contribution in [2.45, 2.75) is 186 Å². The van der Waals surface area contributed by atoms with E-state index in [9.17, 15) is 0 Å². The number of nitrogens with zero attached hydrogens (tertiary/aromatic N) is 3. The highest BCUT2D eigenvalue weighted by molar-refractivity contribution is 7.00. The maximum absolute atomic E-state index is 2.98. The number of anilines is 7. The molecule has 4 aliphatic heterocycles. The predicted octanol–water partition coefficient (Wildman–Crippen LogP) is 15.3. The van der Waals surface area contributed by atoms with E-state index in [4.69, 9.17) is 0 Å². The smallest absolute Gasteiger partial charge is 0.252 e. The fraction of sp³-hybridized carbons (Fsp3) is 0.446. The highest BCUT2D eigenvalue weighted by atomic mass is 15.3. The van der Waals surface area contributed by atoms with Gasteiger partial charge in [-0.05, 0) is 167 Å². The normalized spacial score (nSPS) is 25.5. The number of rotatable bonds is 3. The SMILES string of the molecule is Cc1cc(C)c2c(c1)N(c1cc3c4c(c1)N1c5c(cc(C(C)(C)C)cc5C5(c6ccccc6)CCCCC15C)B4c1ccc(C(C)(C)C)cc1N3c1cccc(C(C)(C)C)c1)C1(C)CCCCC21C. The lowest BCUT2D eigenvalue weighted by Gasteiger charge is -2.54. The topological polar surface area (TPSA) is 9.72 Å². The number of hydrogen-bond donors (Lipinski definition) is 0. The van der Waals surface area contributed by atoms with E-state index in [1.54, 1.807) is 11.1 Å². The average molecular weight is 910 g/mol. The summed E-state index contributed by atoms with van der Waals surface area (Å²) in [6.45, 7) is 34.2. The molecule has 354 valence electrons. The van der Waals surface area contributed by atoms with E-state index in [1.807, 2.05) is 0 Å². The van der Waals surface area contributed by atoms with Gasteiger partial charge in [0.1, 0.15) is 0 Å². The first-order chi connectivity index (χ1) is 32.5. The molecule has 0 N–H and O–H groups in total. The van der Waals surface area contributed by atoms with Crippen LogP contribution in [-0.2, 0) is 27.1 Å². The van der Waals surface area contributed by atoms with Crippen molar-refractivity contribution in [1.29, 1.82) is 0 Å². The van der Waals surface area contributed by atoms with Gasteiger partial charge in [0.25, 0.3) is 6.71 Å². The Balaban J connectivity index is 1.26. The quantitative estimate of drug-likeness (QED) is 0.164. The van der Waals surface area contributed by atoms with Gasteiger partial charge in [0.15, 0.2) is 0 Å². The molecule has 6 aromatic carbocycles. The first-order valence-corrected chi connectivity index (χ1v) is 26.7. The third kappa shape index (κ3) is 5.93. The summed E-state index contributed by atoms with van der Waals surface area (Å²) in [6.07, 6.45) is 9.63. The molecular weight excluding hydrogens is 834 g/mol. The lowest BCUT2D eigenvalue weighted by atomic mass is 9.33. The minimum Gasteiger partial charge on any atom is -0.335 e. The lowest BCUT2D eigenvalue weighted by molar-refractivity contribution is 0.194. The van der Waals surface area contributed by atoms with Gasteiger partial charge in [-0.25, -0.2) is 0 Å². The molecule has 0 bridgehead atoms. The third-order valence-corrected chi connectivity index (χ3v) is 19.2. The highest BCUT2D eigenvalue weighted by Gasteiger charge is 2.65. The van der Waals surface area contributed by atoms with Crippen LogP contribution in [-0.4, -0.2) is 17.8 Å². The van der Waals surface area contributed by atoms with Gasteiger partial charge in [-0.3, -0.25) is 0 Å². The van der Waals surface area contributed by atoms with E-state index >= 15 is 0 Å². The second kappa shape index (κ2) is 14.5. The van der Waals surface area contributed by atoms with Gasteiger partial charge in [0, 0.05) is 50.6 Å². The molecule has 2 aliphatic carbocycles. The van der Waals surface area contributed by atoms with Crippen molar-refractivity contribution in [3.8, 4) is 0 Å². The average Bonchev–Trinajstić information content (AvgIpc) is 3.66. The molecule has 0 radical (unpaired) electrons. The third-order valence-electron chi connectivity index (χ3n) is 19.2. The van der Waals surface area contributed by atoms with Gasteiger partial charge >= 0.3 is 0 Å². The van der Waals surface area contributed by atoms with Crippen LogP contribution < -0.4 is 31.1 Å². The van der Waals surface area contributed by atoms with Crippen molar-refractivity contribution in [3.63, 3.8) is 0 Å². The largest absolute Gasteiger partial charge is 0.335 e. The van der Waals surface area contributed by atoms with E-state index in [0.717, 1.165) is 12.8 Å². The number of fused-ring (bicyclic) bond motifs is 10. The first kappa shape index (κ1) is 45.0. The Morgan fingerprint density at radius 1 is 0.493 bits per heavy atom. The van der Waals surface area contributed by atoms with Crippen molar-refractivity contribution >= 4 is 62.9 Å². The van der Waals surface area contributed by atoms with Crippen molar-refractivity contribution in [2.75, 3.05) is 14.7 Å². The van der Waals surface area contributed by atoms with E-state index < -0.39 is 0 Å². The summed E-state index contributed by atoms with van der Waals surface area (Å²) < 4.78 is 0. The van der Waals surface area contributed by atoms with Gasteiger partial charge in [-0.1, -0.05) is 168 Å². The van der Waals surface area contributed by atoms with Crippen LogP contribution in [0.25, 0.3) is 0 Å². The second-order valence-corrected chi connectivity index (χ2v) is 26.4. The molecule has 6 aromatic rings. The zero-order valence-corrected chi connectivity index (χ0v) is 44.5. The summed E-state index contributed by atoms with van der Waals surface area (Å²) in [5.74, 6) is 0. The summed E-state index contributed by atoms with van der Waals surface area (Å²) in [6, 6.07) is 44.7. The standard InChI is InChI=1S/C65H76BN3/c1-41-33-42(2)56-53(34-41)68(63(13)30-19-18-29-62(56,63)12)48-39-54-57-55(40-48)69-58-49(65(43-23-16-15-17-24-43)32-21-20-31-64(65,69)14)36-46(61(9,10)11)37-51(58)66(57)50-28-27-45(60(6,7)8)38-52(50)67(54)47-26-22-25-44(35-47)59(3,4)5/h15-17,22-28,33-40H,18-21,29-32H2,1-14H3. The Bertz CT molecular complexity index is 3120. The van der Waals surface area contributed by atoms with E-state index in [0.29, 0.717) is 0 Å². The molecule has 4 heterocycles. The molecule has 4 heteroatoms. The van der Waals surface area contributed by atoms with Crippen LogP contribution in [0.1, 0.15) is 179 Å². The summed E-state index contributed by atoms with van der Waals surface area (Å²) >= 11 is 0. The Hall–Kier alpha value is -5.22. The van der Waals surface area contributed by atoms with Crippen molar-refractivity contribution < 1.29 is 0 Å². The number of hydrogen-bond acceptors (Lipinski definition) is 3. The highest BCUT2D eigenvalue weighted by Crippen LogP contribution is 2.67. The van der Waals surface area contributed by atoms with Gasteiger partial charge in [-0.2, -0.15) is 0 Å². The molecular formula is C65H76BN3. The van der Waals surface area contributed by atoms with Crippen LogP contribution in [0.4, 0.5) is 39.8 Å². The Morgan fingerprint density at radius 2 is 1.14 bits per heavy atom. The fourth-order valence-electron chi connectivity index (χ4n) is 15.5. The molecule has 12 rings (SSSR count). The van der Waals surface area contributed by atoms with Gasteiger partial charge in [0.2, 0.25) is 0 Å². The van der Waals surface area contributed by atoms with Crippen molar-refractivity contribution in [1.82, 2.24) is 0 Å². The maximum atomic E-state index is 2.98. The van der Waals surface area contributed by atoms with Gasteiger partial charge in [0.05, 0.1) is 11.1 Å². The second-order valence-electron chi connectivity index (χ2n) is 26.4. The molecule has 0 spiro atoms. The summed E-state index contributed by atoms with van der Waals surface area (Å²) in [7, 11) is 0. The van der Waals surface area contributed by atoms with Crippen LogP contribution in [0.5, 0.6) is 0 Å². The molecule has 3 nitrogen and oxygen atoms in total. The summed E-state index contributed by atoms with van der Waals surface area (Å²) in [5.41, 5.74) is 24.9. The molecule has 69 heavy (non-hydrogen) atoms. The molecule has 2 saturated carbocycles. The molecule has 0 saturated heterocycles. The molecule has 4 atom stereocenters. The maximum Gasteiger partial charge on any atom is 0.252 e. The Kier molecular flexibility index (Phi) is 9.42.